The van der Waals surface area contributed by atoms with E-state index in [9.17, 15) is 14.4 Å². The molecule has 8 nitrogen and oxygen atoms in total. The van der Waals surface area contributed by atoms with Crippen molar-refractivity contribution >= 4 is 29.2 Å². The topological polar surface area (TPSA) is 116 Å². The van der Waals surface area contributed by atoms with Crippen molar-refractivity contribution < 1.29 is 19.1 Å². The van der Waals surface area contributed by atoms with E-state index in [2.05, 4.69) is 5.10 Å². The second kappa shape index (κ2) is 7.62. The smallest absolute Gasteiger partial charge is 0.357 e. The molecule has 0 radical (unpaired) electrons. The normalized spacial score (nSPS) is 10.3. The third-order valence-electron chi connectivity index (χ3n) is 3.29. The first kappa shape index (κ1) is 17.4. The molecule has 26 heavy (non-hydrogen) atoms. The number of nitrogens with two attached hydrogens (primary N) is 1. The second-order valence-electron chi connectivity index (χ2n) is 5.13. The molecule has 0 bridgehead atoms. The van der Waals surface area contributed by atoms with Gasteiger partial charge in [0.05, 0.1) is 10.6 Å². The number of imide groups is 1. The highest BCUT2D eigenvalue weighted by Gasteiger charge is 2.20. The summed E-state index contributed by atoms with van der Waals surface area (Å²) in [4.78, 5) is 35.4. The first-order valence-electron chi connectivity index (χ1n) is 7.50. The average molecular weight is 370 g/mol. The number of primary amides is 1. The van der Waals surface area contributed by atoms with Crippen LogP contribution in [0.5, 0.6) is 0 Å². The molecule has 3 rings (SSSR count). The fraction of sp³-hybridized carbons (Fsp3) is 0.0588. The largest absolute Gasteiger partial charge is 0.451 e. The van der Waals surface area contributed by atoms with E-state index in [1.165, 1.54) is 16.0 Å². The van der Waals surface area contributed by atoms with E-state index < -0.39 is 24.5 Å². The Morgan fingerprint density at radius 3 is 2.58 bits per heavy atom. The Labute approximate surface area is 152 Å². The lowest BCUT2D eigenvalue weighted by Crippen LogP contribution is -2.37. The molecule has 3 N–H and O–H groups in total. The molecule has 3 amide bonds. The highest BCUT2D eigenvalue weighted by atomic mass is 32.1. The summed E-state index contributed by atoms with van der Waals surface area (Å²) in [6.45, 7) is -0.629. The summed E-state index contributed by atoms with van der Waals surface area (Å²) in [5, 5.41) is 8.20. The molecule has 0 saturated heterocycles. The molecule has 1 aromatic carbocycles. The first-order chi connectivity index (χ1) is 12.5. The van der Waals surface area contributed by atoms with Gasteiger partial charge in [-0.15, -0.1) is 11.3 Å². The van der Waals surface area contributed by atoms with E-state index in [-0.39, 0.29) is 5.69 Å². The fourth-order valence-corrected chi connectivity index (χ4v) is 2.90. The quantitative estimate of drug-likeness (QED) is 0.666. The third kappa shape index (κ3) is 3.95. The predicted octanol–water partition coefficient (Wildman–Crippen LogP) is 1.95. The number of hydrogen-bond acceptors (Lipinski definition) is 6. The zero-order valence-corrected chi connectivity index (χ0v) is 14.2. The number of rotatable bonds is 5. The highest BCUT2D eigenvalue weighted by molar-refractivity contribution is 7.13. The third-order valence-corrected chi connectivity index (χ3v) is 4.18. The summed E-state index contributed by atoms with van der Waals surface area (Å²) < 4.78 is 6.42. The summed E-state index contributed by atoms with van der Waals surface area (Å²) in [6.07, 6.45) is 0. The maximum absolute atomic E-state index is 12.4. The summed E-state index contributed by atoms with van der Waals surface area (Å²) in [6, 6.07) is 13.4. The number of carbonyl (C=O) groups is 3. The molecule has 0 fully saturated rings. The zero-order valence-electron chi connectivity index (χ0n) is 13.4. The lowest BCUT2D eigenvalue weighted by atomic mass is 10.3. The molecule has 3 aromatic rings. The van der Waals surface area contributed by atoms with Crippen LogP contribution < -0.4 is 11.1 Å². The lowest BCUT2D eigenvalue weighted by molar-refractivity contribution is -0.123. The van der Waals surface area contributed by atoms with Gasteiger partial charge in [0, 0.05) is 6.07 Å². The number of esters is 1. The number of ether oxygens (including phenoxy) is 1. The minimum Gasteiger partial charge on any atom is -0.451 e. The standard InChI is InChI=1S/C17H14N4O4S/c18-17(24)19-15(22)10-25-16(23)13-9-12(14-7-4-8-26-14)20-21(13)11-5-2-1-3-6-11/h1-9H,10H2,(H3,18,19,22,24). The van der Waals surface area contributed by atoms with E-state index in [1.807, 2.05) is 41.0 Å². The van der Waals surface area contributed by atoms with Crippen LogP contribution in [0.2, 0.25) is 0 Å². The molecule has 0 aliphatic rings. The van der Waals surface area contributed by atoms with Crippen molar-refractivity contribution in [1.82, 2.24) is 15.1 Å². The van der Waals surface area contributed by atoms with Crippen molar-refractivity contribution in [3.63, 3.8) is 0 Å². The summed E-state index contributed by atoms with van der Waals surface area (Å²) in [7, 11) is 0. The zero-order chi connectivity index (χ0) is 18.5. The number of amides is 3. The van der Waals surface area contributed by atoms with Crippen LogP contribution in [0.25, 0.3) is 16.3 Å². The van der Waals surface area contributed by atoms with Crippen LogP contribution >= 0.6 is 11.3 Å². The van der Waals surface area contributed by atoms with E-state index >= 15 is 0 Å². The molecule has 0 aliphatic heterocycles. The van der Waals surface area contributed by atoms with Gasteiger partial charge in [-0.3, -0.25) is 10.1 Å². The maximum atomic E-state index is 12.4. The van der Waals surface area contributed by atoms with Crippen LogP contribution in [0, 0.1) is 0 Å². The molecule has 0 spiro atoms. The number of nitrogens with zero attached hydrogens (tertiary/aromatic N) is 2. The Morgan fingerprint density at radius 1 is 1.15 bits per heavy atom. The lowest BCUT2D eigenvalue weighted by Gasteiger charge is -2.07. The molecule has 0 atom stereocenters. The summed E-state index contributed by atoms with van der Waals surface area (Å²) in [5.41, 5.74) is 6.28. The van der Waals surface area contributed by atoms with Crippen LogP contribution in [0.3, 0.4) is 0 Å². The van der Waals surface area contributed by atoms with Gasteiger partial charge in [0.2, 0.25) is 0 Å². The monoisotopic (exact) mass is 370 g/mol. The Morgan fingerprint density at radius 2 is 1.92 bits per heavy atom. The van der Waals surface area contributed by atoms with Gasteiger partial charge in [-0.25, -0.2) is 14.3 Å². The van der Waals surface area contributed by atoms with Crippen molar-refractivity contribution in [2.75, 3.05) is 6.61 Å². The Hall–Kier alpha value is -3.46. The number of benzene rings is 1. The number of nitrogens with one attached hydrogen (secondary N) is 1. The van der Waals surface area contributed by atoms with Gasteiger partial charge in [0.25, 0.3) is 5.91 Å². The molecule has 0 aliphatic carbocycles. The predicted molar refractivity (Wildman–Crippen MR) is 94.9 cm³/mol. The first-order valence-corrected chi connectivity index (χ1v) is 8.38. The van der Waals surface area contributed by atoms with Crippen LogP contribution in [0.1, 0.15) is 10.5 Å². The molecule has 2 aromatic heterocycles. The molecule has 0 unspecified atom stereocenters. The number of aromatic nitrogens is 2. The SMILES string of the molecule is NC(=O)NC(=O)COC(=O)c1cc(-c2cccs2)nn1-c1ccccc1. The van der Waals surface area contributed by atoms with Crippen molar-refractivity contribution in [3.05, 3.63) is 59.6 Å². The van der Waals surface area contributed by atoms with E-state index in [0.717, 1.165) is 4.88 Å². The van der Waals surface area contributed by atoms with Crippen molar-refractivity contribution in [2.24, 2.45) is 5.73 Å². The molecule has 132 valence electrons. The van der Waals surface area contributed by atoms with Gasteiger partial charge >= 0.3 is 12.0 Å². The van der Waals surface area contributed by atoms with Crippen molar-refractivity contribution in [3.8, 4) is 16.3 Å². The molecule has 2 heterocycles. The number of para-hydroxylation sites is 1. The summed E-state index contributed by atoms with van der Waals surface area (Å²) in [5.74, 6) is -1.56. The number of carbonyl (C=O) groups excluding carboxylic acids is 3. The van der Waals surface area contributed by atoms with Crippen LogP contribution in [0.4, 0.5) is 4.79 Å². The number of thiophene rings is 1. The Kier molecular flexibility index (Phi) is 5.09. The van der Waals surface area contributed by atoms with Gasteiger partial charge in [-0.1, -0.05) is 24.3 Å². The van der Waals surface area contributed by atoms with Crippen molar-refractivity contribution in [1.29, 1.82) is 0 Å². The van der Waals surface area contributed by atoms with Crippen LogP contribution in [-0.4, -0.2) is 34.3 Å². The highest BCUT2D eigenvalue weighted by Crippen LogP contribution is 2.26. The van der Waals surface area contributed by atoms with E-state index in [4.69, 9.17) is 10.5 Å². The van der Waals surface area contributed by atoms with E-state index in [1.54, 1.807) is 18.2 Å². The van der Waals surface area contributed by atoms with Gasteiger partial charge in [-0.2, -0.15) is 5.10 Å². The summed E-state index contributed by atoms with van der Waals surface area (Å²) >= 11 is 1.49. The minimum atomic E-state index is -1.01. The fourth-order valence-electron chi connectivity index (χ4n) is 2.22. The van der Waals surface area contributed by atoms with Crippen molar-refractivity contribution in [2.45, 2.75) is 0 Å². The minimum absolute atomic E-state index is 0.159. The molecular formula is C17H14N4O4S. The van der Waals surface area contributed by atoms with Gasteiger partial charge in [-0.05, 0) is 23.6 Å². The number of urea groups is 1. The van der Waals surface area contributed by atoms with Crippen LogP contribution in [-0.2, 0) is 9.53 Å². The number of hydrogen-bond donors (Lipinski definition) is 2. The molecule has 9 heteroatoms. The Balaban J connectivity index is 1.88. The second-order valence-corrected chi connectivity index (χ2v) is 6.08. The Bertz CT molecular complexity index is 935. The maximum Gasteiger partial charge on any atom is 0.357 e. The van der Waals surface area contributed by atoms with Gasteiger partial charge in [0.15, 0.2) is 12.3 Å². The van der Waals surface area contributed by atoms with Gasteiger partial charge < -0.3 is 10.5 Å². The molecular weight excluding hydrogens is 356 g/mol. The average Bonchev–Trinajstić information content (AvgIpc) is 3.29. The van der Waals surface area contributed by atoms with Gasteiger partial charge in [0.1, 0.15) is 5.69 Å². The van der Waals surface area contributed by atoms with Crippen LogP contribution in [0.15, 0.2) is 53.9 Å². The molecule has 0 saturated carbocycles. The van der Waals surface area contributed by atoms with E-state index in [0.29, 0.717) is 11.4 Å².